The van der Waals surface area contributed by atoms with Crippen molar-refractivity contribution in [2.75, 3.05) is 11.9 Å². The summed E-state index contributed by atoms with van der Waals surface area (Å²) in [6, 6.07) is 13.0. The standard InChI is InChI=1S/C25H29N3O3/c1-24(2,3)18-10-12-20(13-11-18)26-21(29)15-28-22(30)25(4,27-23(28)31)19-9-8-16-6-5-7-17(16)14-19/h8-14H,5-7,15H2,1-4H3,(H,26,29)(H,27,31)/t25-/m1/s1. The second kappa shape index (κ2) is 7.52. The molecule has 31 heavy (non-hydrogen) atoms. The maximum absolute atomic E-state index is 13.1. The molecule has 0 bridgehead atoms. The van der Waals surface area contributed by atoms with Gasteiger partial charge in [-0.15, -0.1) is 0 Å². The number of hydrogen-bond acceptors (Lipinski definition) is 3. The van der Waals surface area contributed by atoms with Crippen molar-refractivity contribution >= 4 is 23.5 Å². The van der Waals surface area contributed by atoms with Crippen molar-refractivity contribution in [3.05, 3.63) is 64.7 Å². The van der Waals surface area contributed by atoms with Gasteiger partial charge in [-0.05, 0) is 66.0 Å². The molecule has 1 aliphatic heterocycles. The van der Waals surface area contributed by atoms with Crippen molar-refractivity contribution in [3.63, 3.8) is 0 Å². The van der Waals surface area contributed by atoms with Gasteiger partial charge in [0.05, 0.1) is 0 Å². The maximum atomic E-state index is 13.1. The van der Waals surface area contributed by atoms with Gasteiger partial charge in [0.15, 0.2) is 0 Å². The number of carbonyl (C=O) groups is 3. The van der Waals surface area contributed by atoms with Crippen molar-refractivity contribution in [1.82, 2.24) is 10.2 Å². The lowest BCUT2D eigenvalue weighted by Crippen LogP contribution is -2.42. The first-order valence-electron chi connectivity index (χ1n) is 10.7. The van der Waals surface area contributed by atoms with E-state index in [0.29, 0.717) is 5.69 Å². The van der Waals surface area contributed by atoms with Crippen LogP contribution >= 0.6 is 0 Å². The zero-order valence-electron chi connectivity index (χ0n) is 18.5. The molecular formula is C25H29N3O3. The maximum Gasteiger partial charge on any atom is 0.325 e. The number of hydrogen-bond donors (Lipinski definition) is 2. The van der Waals surface area contributed by atoms with Gasteiger partial charge >= 0.3 is 6.03 Å². The van der Waals surface area contributed by atoms with Crippen LogP contribution in [0.4, 0.5) is 10.5 Å². The molecule has 0 aromatic heterocycles. The molecule has 1 heterocycles. The fourth-order valence-electron chi connectivity index (χ4n) is 4.32. The first-order chi connectivity index (χ1) is 14.6. The van der Waals surface area contributed by atoms with E-state index < -0.39 is 23.4 Å². The summed E-state index contributed by atoms with van der Waals surface area (Å²) in [6.07, 6.45) is 3.15. The van der Waals surface area contributed by atoms with Crippen LogP contribution in [0.3, 0.4) is 0 Å². The van der Waals surface area contributed by atoms with Crippen molar-refractivity contribution in [3.8, 4) is 0 Å². The lowest BCUT2D eigenvalue weighted by Gasteiger charge is -2.23. The molecule has 0 unspecified atom stereocenters. The Morgan fingerprint density at radius 3 is 2.42 bits per heavy atom. The van der Waals surface area contributed by atoms with Crippen LogP contribution in [0.15, 0.2) is 42.5 Å². The van der Waals surface area contributed by atoms with E-state index in [4.69, 9.17) is 0 Å². The van der Waals surface area contributed by atoms with Crippen LogP contribution in [0.25, 0.3) is 0 Å². The third-order valence-electron chi connectivity index (χ3n) is 6.29. The van der Waals surface area contributed by atoms with Crippen LogP contribution in [-0.4, -0.2) is 29.3 Å². The van der Waals surface area contributed by atoms with E-state index in [1.165, 1.54) is 11.1 Å². The molecule has 2 aromatic carbocycles. The molecular weight excluding hydrogens is 390 g/mol. The molecule has 0 saturated carbocycles. The highest BCUT2D eigenvalue weighted by molar-refractivity contribution is 6.10. The summed E-state index contributed by atoms with van der Waals surface area (Å²) in [5, 5.41) is 5.57. The van der Waals surface area contributed by atoms with E-state index in [0.717, 1.165) is 35.3 Å². The molecule has 0 spiro atoms. The number of urea groups is 1. The summed E-state index contributed by atoms with van der Waals surface area (Å²) in [7, 11) is 0. The SMILES string of the molecule is CC(C)(C)c1ccc(NC(=O)CN2C(=O)N[C@](C)(c3ccc4c(c3)CCC4)C2=O)cc1. The first kappa shape index (κ1) is 21.1. The summed E-state index contributed by atoms with van der Waals surface area (Å²) >= 11 is 0. The van der Waals surface area contributed by atoms with Gasteiger partial charge < -0.3 is 10.6 Å². The summed E-state index contributed by atoms with van der Waals surface area (Å²) in [5.74, 6) is -0.820. The van der Waals surface area contributed by atoms with E-state index in [9.17, 15) is 14.4 Å². The molecule has 2 aromatic rings. The highest BCUT2D eigenvalue weighted by Crippen LogP contribution is 2.32. The summed E-state index contributed by atoms with van der Waals surface area (Å²) in [6.45, 7) is 7.74. The molecule has 2 aliphatic rings. The van der Waals surface area contributed by atoms with E-state index in [1.807, 2.05) is 42.5 Å². The molecule has 1 atom stereocenters. The normalized spacial score (nSPS) is 20.6. The Balaban J connectivity index is 1.46. The third-order valence-corrected chi connectivity index (χ3v) is 6.29. The van der Waals surface area contributed by atoms with Crippen molar-refractivity contribution in [1.29, 1.82) is 0 Å². The van der Waals surface area contributed by atoms with Crippen molar-refractivity contribution < 1.29 is 14.4 Å². The number of amides is 4. The predicted octanol–water partition coefficient (Wildman–Crippen LogP) is 3.88. The highest BCUT2D eigenvalue weighted by Gasteiger charge is 2.49. The first-order valence-corrected chi connectivity index (χ1v) is 10.7. The molecule has 4 rings (SSSR count). The van der Waals surface area contributed by atoms with Gasteiger partial charge in [-0.3, -0.25) is 14.5 Å². The number of nitrogens with zero attached hydrogens (tertiary/aromatic N) is 1. The van der Waals surface area contributed by atoms with Gasteiger partial charge in [-0.25, -0.2) is 4.79 Å². The Kier molecular flexibility index (Phi) is 5.12. The molecule has 6 nitrogen and oxygen atoms in total. The zero-order chi connectivity index (χ0) is 22.4. The Labute approximate surface area is 183 Å². The number of benzene rings is 2. The lowest BCUT2D eigenvalue weighted by molar-refractivity contribution is -0.133. The minimum absolute atomic E-state index is 0.0185. The lowest BCUT2D eigenvalue weighted by atomic mass is 9.87. The highest BCUT2D eigenvalue weighted by atomic mass is 16.2. The van der Waals surface area contributed by atoms with Crippen LogP contribution in [0, 0.1) is 0 Å². The van der Waals surface area contributed by atoms with Gasteiger partial charge in [0, 0.05) is 5.69 Å². The minimum Gasteiger partial charge on any atom is -0.325 e. The second-order valence-electron chi connectivity index (χ2n) is 9.66. The molecule has 6 heteroatoms. The number of aryl methyl sites for hydroxylation is 2. The second-order valence-corrected chi connectivity index (χ2v) is 9.66. The third kappa shape index (κ3) is 3.94. The molecule has 1 aliphatic carbocycles. The monoisotopic (exact) mass is 419 g/mol. The van der Waals surface area contributed by atoms with Gasteiger partial charge in [0.2, 0.25) is 5.91 Å². The topological polar surface area (TPSA) is 78.5 Å². The summed E-state index contributed by atoms with van der Waals surface area (Å²) in [4.78, 5) is 39.3. The average molecular weight is 420 g/mol. The van der Waals surface area contributed by atoms with E-state index >= 15 is 0 Å². The van der Waals surface area contributed by atoms with Crippen LogP contribution in [0.5, 0.6) is 0 Å². The number of carbonyl (C=O) groups excluding carboxylic acids is 3. The van der Waals surface area contributed by atoms with Crippen LogP contribution < -0.4 is 10.6 Å². The van der Waals surface area contributed by atoms with Gasteiger partial charge in [0.1, 0.15) is 12.1 Å². The minimum atomic E-state index is -1.16. The Morgan fingerprint density at radius 2 is 1.74 bits per heavy atom. The summed E-state index contributed by atoms with van der Waals surface area (Å²) in [5.41, 5.74) is 3.94. The molecule has 162 valence electrons. The number of anilines is 1. The van der Waals surface area contributed by atoms with E-state index in [1.54, 1.807) is 6.92 Å². The summed E-state index contributed by atoms with van der Waals surface area (Å²) < 4.78 is 0. The Hall–Kier alpha value is -3.15. The van der Waals surface area contributed by atoms with Gasteiger partial charge in [0.25, 0.3) is 5.91 Å². The molecule has 1 saturated heterocycles. The van der Waals surface area contributed by atoms with E-state index in [-0.39, 0.29) is 12.0 Å². The van der Waals surface area contributed by atoms with Gasteiger partial charge in [-0.2, -0.15) is 0 Å². The number of rotatable bonds is 4. The average Bonchev–Trinajstić information content (AvgIpc) is 3.26. The van der Waals surface area contributed by atoms with E-state index in [2.05, 4.69) is 31.4 Å². The smallest absolute Gasteiger partial charge is 0.325 e. The molecule has 4 amide bonds. The van der Waals surface area contributed by atoms with Crippen LogP contribution in [0.2, 0.25) is 0 Å². The number of fused-ring (bicyclic) bond motifs is 1. The Morgan fingerprint density at radius 1 is 1.06 bits per heavy atom. The Bertz CT molecular complexity index is 1050. The number of imide groups is 1. The van der Waals surface area contributed by atoms with Crippen molar-refractivity contribution in [2.45, 2.75) is 57.9 Å². The fourth-order valence-corrected chi connectivity index (χ4v) is 4.32. The predicted molar refractivity (Wildman–Crippen MR) is 120 cm³/mol. The van der Waals surface area contributed by atoms with Gasteiger partial charge in [-0.1, -0.05) is 51.1 Å². The zero-order valence-corrected chi connectivity index (χ0v) is 18.5. The van der Waals surface area contributed by atoms with Crippen LogP contribution in [-0.2, 0) is 33.4 Å². The molecule has 2 N–H and O–H groups in total. The quantitative estimate of drug-likeness (QED) is 0.739. The molecule has 1 fully saturated rings. The largest absolute Gasteiger partial charge is 0.325 e. The number of nitrogens with one attached hydrogen (secondary N) is 2. The molecule has 0 radical (unpaired) electrons. The van der Waals surface area contributed by atoms with Crippen molar-refractivity contribution in [2.24, 2.45) is 0 Å². The van der Waals surface area contributed by atoms with Crippen LogP contribution in [0.1, 0.15) is 56.4 Å². The fraction of sp³-hybridized carbons (Fsp3) is 0.400.